The molecule has 0 fully saturated rings. The molecule has 0 amide bonds. The molecular weight excluding hydrogens is 371 g/mol. The summed E-state index contributed by atoms with van der Waals surface area (Å²) >= 11 is 3.13. The first-order valence-corrected chi connectivity index (χ1v) is 7.26. The SMILES string of the molecule is COc1ccc(C(=O)COC(=O)/C=C\c2ccc(Br)o2)cc1F. The van der Waals surface area contributed by atoms with Crippen LogP contribution in [-0.2, 0) is 9.53 Å². The zero-order valence-corrected chi connectivity index (χ0v) is 13.6. The predicted octanol–water partition coefficient (Wildman–Crippen LogP) is 3.63. The number of benzene rings is 1. The topological polar surface area (TPSA) is 65.7 Å². The lowest BCUT2D eigenvalue weighted by molar-refractivity contribution is -0.136. The fourth-order valence-corrected chi connectivity index (χ4v) is 2.00. The Morgan fingerprint density at radius 1 is 1.30 bits per heavy atom. The molecule has 5 nitrogen and oxygen atoms in total. The summed E-state index contributed by atoms with van der Waals surface area (Å²) in [6, 6.07) is 7.09. The Hall–Kier alpha value is -2.41. The monoisotopic (exact) mass is 382 g/mol. The van der Waals surface area contributed by atoms with Crippen molar-refractivity contribution in [3.05, 3.63) is 58.2 Å². The Bertz CT molecular complexity index is 751. The summed E-state index contributed by atoms with van der Waals surface area (Å²) in [4.78, 5) is 23.4. The van der Waals surface area contributed by atoms with Crippen molar-refractivity contribution >= 4 is 33.8 Å². The highest BCUT2D eigenvalue weighted by atomic mass is 79.9. The van der Waals surface area contributed by atoms with Crippen LogP contribution in [0.25, 0.3) is 6.08 Å². The average Bonchev–Trinajstić information content (AvgIpc) is 2.96. The van der Waals surface area contributed by atoms with Crippen molar-refractivity contribution in [1.82, 2.24) is 0 Å². The summed E-state index contributed by atoms with van der Waals surface area (Å²) in [5.41, 5.74) is 0.0926. The van der Waals surface area contributed by atoms with Crippen LogP contribution in [0.15, 0.2) is 45.5 Å². The highest BCUT2D eigenvalue weighted by Crippen LogP contribution is 2.18. The van der Waals surface area contributed by atoms with Gasteiger partial charge in [0.15, 0.2) is 28.6 Å². The standard InChI is InChI=1S/C16H12BrFO5/c1-21-14-5-2-10(8-12(14)18)13(19)9-22-16(20)7-4-11-3-6-15(17)23-11/h2-8H,9H2,1H3/b7-4-. The van der Waals surface area contributed by atoms with Gasteiger partial charge in [-0.25, -0.2) is 9.18 Å². The van der Waals surface area contributed by atoms with Crippen LogP contribution in [0.1, 0.15) is 16.1 Å². The second-order valence-corrected chi connectivity index (χ2v) is 5.14. The zero-order valence-electron chi connectivity index (χ0n) is 12.0. The van der Waals surface area contributed by atoms with E-state index >= 15 is 0 Å². The molecule has 0 saturated heterocycles. The molecule has 2 aromatic rings. The molecule has 0 atom stereocenters. The van der Waals surface area contributed by atoms with E-state index in [1.807, 2.05) is 0 Å². The number of hydrogen-bond acceptors (Lipinski definition) is 5. The number of rotatable bonds is 6. The number of halogens is 2. The number of carbonyl (C=O) groups is 2. The molecule has 1 heterocycles. The largest absolute Gasteiger partial charge is 0.494 e. The van der Waals surface area contributed by atoms with E-state index in [4.69, 9.17) is 13.9 Å². The van der Waals surface area contributed by atoms with Gasteiger partial charge in [0.2, 0.25) is 0 Å². The molecule has 1 aromatic carbocycles. The van der Waals surface area contributed by atoms with Gasteiger partial charge in [-0.3, -0.25) is 4.79 Å². The number of ketones is 1. The number of carbonyl (C=O) groups excluding carboxylic acids is 2. The molecule has 0 spiro atoms. The van der Waals surface area contributed by atoms with E-state index in [-0.39, 0.29) is 11.3 Å². The number of methoxy groups -OCH3 is 1. The Kier molecular flexibility index (Phi) is 5.70. The lowest BCUT2D eigenvalue weighted by Crippen LogP contribution is -2.12. The Morgan fingerprint density at radius 3 is 2.70 bits per heavy atom. The van der Waals surface area contributed by atoms with Crippen molar-refractivity contribution in [2.75, 3.05) is 13.7 Å². The summed E-state index contributed by atoms with van der Waals surface area (Å²) < 4.78 is 28.8. The molecule has 0 aliphatic carbocycles. The van der Waals surface area contributed by atoms with Crippen molar-refractivity contribution in [3.63, 3.8) is 0 Å². The fraction of sp³-hybridized carbons (Fsp3) is 0.125. The van der Waals surface area contributed by atoms with Gasteiger partial charge in [-0.15, -0.1) is 0 Å². The minimum absolute atomic E-state index is 0.0334. The normalized spacial score (nSPS) is 10.7. The molecule has 0 aliphatic heterocycles. The van der Waals surface area contributed by atoms with Gasteiger partial charge >= 0.3 is 5.97 Å². The first-order valence-electron chi connectivity index (χ1n) is 6.46. The molecule has 1 aromatic heterocycles. The van der Waals surface area contributed by atoms with Crippen LogP contribution in [-0.4, -0.2) is 25.5 Å². The lowest BCUT2D eigenvalue weighted by atomic mass is 10.1. The summed E-state index contributed by atoms with van der Waals surface area (Å²) in [5.74, 6) is -1.40. The number of ether oxygens (including phenoxy) is 2. The number of Topliss-reactive ketones (excluding diaryl/α,β-unsaturated/α-hetero) is 1. The maximum atomic E-state index is 13.5. The third-order valence-corrected chi connectivity index (χ3v) is 3.22. The quantitative estimate of drug-likeness (QED) is 0.433. The average molecular weight is 383 g/mol. The molecule has 2 rings (SSSR count). The molecule has 7 heteroatoms. The van der Waals surface area contributed by atoms with Crippen LogP contribution >= 0.6 is 15.9 Å². The van der Waals surface area contributed by atoms with E-state index in [0.717, 1.165) is 12.1 Å². The van der Waals surface area contributed by atoms with Crippen molar-refractivity contribution in [2.45, 2.75) is 0 Å². The van der Waals surface area contributed by atoms with Gasteiger partial charge < -0.3 is 13.9 Å². The van der Waals surface area contributed by atoms with Crippen LogP contribution in [0.5, 0.6) is 5.75 Å². The maximum Gasteiger partial charge on any atom is 0.331 e. The molecule has 120 valence electrons. The van der Waals surface area contributed by atoms with Crippen LogP contribution in [0.3, 0.4) is 0 Å². The first kappa shape index (κ1) is 17.0. The van der Waals surface area contributed by atoms with Crippen LogP contribution in [0.2, 0.25) is 0 Å². The summed E-state index contributed by atoms with van der Waals surface area (Å²) in [6.45, 7) is -0.489. The summed E-state index contributed by atoms with van der Waals surface area (Å²) in [5, 5.41) is 0. The molecule has 0 aliphatic rings. The lowest BCUT2D eigenvalue weighted by Gasteiger charge is -2.05. The maximum absolute atomic E-state index is 13.5. The van der Waals surface area contributed by atoms with Gasteiger partial charge in [0, 0.05) is 11.6 Å². The van der Waals surface area contributed by atoms with E-state index in [9.17, 15) is 14.0 Å². The third kappa shape index (κ3) is 4.79. The van der Waals surface area contributed by atoms with Crippen molar-refractivity contribution in [3.8, 4) is 5.75 Å². The second kappa shape index (κ2) is 7.73. The third-order valence-electron chi connectivity index (χ3n) is 2.80. The van der Waals surface area contributed by atoms with Gasteiger partial charge in [0.05, 0.1) is 7.11 Å². The molecule has 0 bridgehead atoms. The van der Waals surface area contributed by atoms with Gasteiger partial charge in [0.1, 0.15) is 5.76 Å². The first-order chi connectivity index (χ1) is 11.0. The van der Waals surface area contributed by atoms with E-state index < -0.39 is 24.2 Å². The van der Waals surface area contributed by atoms with E-state index in [1.54, 1.807) is 12.1 Å². The minimum Gasteiger partial charge on any atom is -0.494 e. The number of esters is 1. The molecule has 0 unspecified atom stereocenters. The molecule has 0 saturated carbocycles. The highest BCUT2D eigenvalue weighted by molar-refractivity contribution is 9.10. The second-order valence-electron chi connectivity index (χ2n) is 4.36. The number of furan rings is 1. The van der Waals surface area contributed by atoms with Gasteiger partial charge in [0.25, 0.3) is 0 Å². The van der Waals surface area contributed by atoms with Gasteiger partial charge in [-0.2, -0.15) is 0 Å². The highest BCUT2D eigenvalue weighted by Gasteiger charge is 2.12. The molecular formula is C16H12BrFO5. The van der Waals surface area contributed by atoms with Crippen LogP contribution < -0.4 is 4.74 Å². The van der Waals surface area contributed by atoms with Crippen molar-refractivity contribution in [2.24, 2.45) is 0 Å². The Balaban J connectivity index is 1.89. The van der Waals surface area contributed by atoms with Gasteiger partial charge in [-0.05, 0) is 52.3 Å². The molecule has 23 heavy (non-hydrogen) atoms. The van der Waals surface area contributed by atoms with Crippen molar-refractivity contribution in [1.29, 1.82) is 0 Å². The molecule has 0 radical (unpaired) electrons. The Labute approximate surface area is 139 Å². The number of hydrogen-bond donors (Lipinski definition) is 0. The summed E-state index contributed by atoms with van der Waals surface area (Å²) in [7, 11) is 1.32. The van der Waals surface area contributed by atoms with E-state index in [1.165, 1.54) is 25.3 Å². The molecule has 0 N–H and O–H groups in total. The van der Waals surface area contributed by atoms with E-state index in [2.05, 4.69) is 15.9 Å². The van der Waals surface area contributed by atoms with E-state index in [0.29, 0.717) is 10.4 Å². The van der Waals surface area contributed by atoms with Crippen molar-refractivity contribution < 1.29 is 27.9 Å². The van der Waals surface area contributed by atoms with Crippen LogP contribution in [0.4, 0.5) is 4.39 Å². The zero-order chi connectivity index (χ0) is 16.8. The fourth-order valence-electron chi connectivity index (χ4n) is 1.68. The predicted molar refractivity (Wildman–Crippen MR) is 83.7 cm³/mol. The minimum atomic E-state index is -0.708. The Morgan fingerprint density at radius 2 is 2.09 bits per heavy atom. The van der Waals surface area contributed by atoms with Crippen LogP contribution in [0, 0.1) is 5.82 Å². The summed E-state index contributed by atoms with van der Waals surface area (Å²) in [6.07, 6.45) is 2.54. The van der Waals surface area contributed by atoms with Gasteiger partial charge in [-0.1, -0.05) is 0 Å². The smallest absolute Gasteiger partial charge is 0.331 e.